The van der Waals surface area contributed by atoms with Crippen molar-refractivity contribution < 1.29 is 85.7 Å². The van der Waals surface area contributed by atoms with Crippen LogP contribution in [0.5, 0.6) is 0 Å². The molecule has 1 rings (SSSR count). The minimum atomic E-state index is -5.67. The maximum atomic E-state index is 11.1. The smallest absolute Gasteiger partial charge is 0.387 e. The molecule has 1 aliphatic rings. The van der Waals surface area contributed by atoms with Crippen molar-refractivity contribution in [1.82, 2.24) is 0 Å². The molecule has 1 saturated carbocycles. The van der Waals surface area contributed by atoms with Gasteiger partial charge in [0.2, 0.25) is 0 Å². The van der Waals surface area contributed by atoms with Gasteiger partial charge in [-0.2, -0.15) is 0 Å². The van der Waals surface area contributed by atoms with Crippen LogP contribution in [-0.2, 0) is 36.4 Å². The van der Waals surface area contributed by atoms with Gasteiger partial charge in [0.05, 0.1) is 0 Å². The van der Waals surface area contributed by atoms with Gasteiger partial charge in [-0.1, -0.05) is 0 Å². The van der Waals surface area contributed by atoms with Crippen LogP contribution in [0.2, 0.25) is 0 Å². The first-order valence-corrected chi connectivity index (χ1v) is 12.6. The molecule has 0 radical (unpaired) electrons. The highest BCUT2D eigenvalue weighted by molar-refractivity contribution is 7.47. The lowest BCUT2D eigenvalue weighted by molar-refractivity contribution is -0.209. The lowest BCUT2D eigenvalue weighted by Crippen LogP contribution is -2.65. The van der Waals surface area contributed by atoms with E-state index < -0.39 is 67.9 Å². The van der Waals surface area contributed by atoms with Crippen LogP contribution in [0.4, 0.5) is 0 Å². The average Bonchev–Trinajstić information content (AvgIpc) is 2.39. The van der Waals surface area contributed by atoms with Crippen molar-refractivity contribution in [2.75, 3.05) is 0 Å². The lowest BCUT2D eigenvalue weighted by atomic mass is 9.85. The average molecular weight is 500 g/mol. The Labute approximate surface area is 154 Å². The first-order chi connectivity index (χ1) is 12.2. The number of rotatable bonds is 8. The SMILES string of the molecule is O=P(O)(O)OC1C(OP(=O)(O)O)[C@@H](OP(=O)(O)O)C(OP(=O)(O)O)C(O)[C@H]1O. The third-order valence-corrected chi connectivity index (χ3v) is 5.10. The molecule has 0 saturated heterocycles. The third-order valence-electron chi connectivity index (χ3n) is 3.03. The van der Waals surface area contributed by atoms with Crippen LogP contribution in [-0.4, -0.2) is 86.0 Å². The Balaban J connectivity index is 3.53. The maximum Gasteiger partial charge on any atom is 0.470 e. The number of phosphoric acid groups is 4. The molecular weight excluding hydrogens is 484 g/mol. The Hall–Kier alpha value is 0.360. The minimum Gasteiger partial charge on any atom is -0.387 e. The van der Waals surface area contributed by atoms with Crippen LogP contribution in [0.15, 0.2) is 0 Å². The molecule has 18 nitrogen and oxygen atoms in total. The van der Waals surface area contributed by atoms with E-state index in [1.54, 1.807) is 0 Å². The van der Waals surface area contributed by atoms with Gasteiger partial charge in [0.1, 0.15) is 36.6 Å². The fourth-order valence-electron chi connectivity index (χ4n) is 2.27. The zero-order valence-corrected chi connectivity index (χ0v) is 16.6. The van der Waals surface area contributed by atoms with E-state index >= 15 is 0 Å². The topological polar surface area (TPSA) is 308 Å². The molecule has 1 fully saturated rings. The molecule has 0 aromatic heterocycles. The van der Waals surface area contributed by atoms with Gasteiger partial charge in [-0.25, -0.2) is 18.3 Å². The number of aliphatic hydroxyl groups excluding tert-OH is 2. The predicted octanol–water partition coefficient (Wildman–Crippen LogP) is -3.37. The second-order valence-electron chi connectivity index (χ2n) is 5.22. The van der Waals surface area contributed by atoms with E-state index in [0.717, 1.165) is 0 Å². The second kappa shape index (κ2) is 8.85. The normalized spacial score (nSPS) is 33.1. The summed E-state index contributed by atoms with van der Waals surface area (Å²) in [5.41, 5.74) is 0. The molecule has 168 valence electrons. The van der Waals surface area contributed by atoms with Gasteiger partial charge in [0.15, 0.2) is 0 Å². The number of hydrogen-bond acceptors (Lipinski definition) is 10. The molecular formula is C6H16O18P4. The first kappa shape index (κ1) is 26.4. The van der Waals surface area contributed by atoms with Crippen LogP contribution < -0.4 is 0 Å². The van der Waals surface area contributed by atoms with E-state index in [0.29, 0.717) is 0 Å². The van der Waals surface area contributed by atoms with E-state index in [1.165, 1.54) is 0 Å². The number of aliphatic hydroxyl groups is 2. The highest BCUT2D eigenvalue weighted by atomic mass is 31.2. The summed E-state index contributed by atoms with van der Waals surface area (Å²) in [4.78, 5) is 71.1. The molecule has 0 aromatic carbocycles. The Morgan fingerprint density at radius 2 is 0.607 bits per heavy atom. The Morgan fingerprint density at radius 1 is 0.429 bits per heavy atom. The van der Waals surface area contributed by atoms with Gasteiger partial charge in [-0.15, -0.1) is 0 Å². The summed E-state index contributed by atoms with van der Waals surface area (Å²) in [5.74, 6) is 0. The molecule has 0 spiro atoms. The fraction of sp³-hybridized carbons (Fsp3) is 1.00. The van der Waals surface area contributed by atoms with Gasteiger partial charge in [-0.3, -0.25) is 18.1 Å². The van der Waals surface area contributed by atoms with Crippen molar-refractivity contribution in [3.8, 4) is 0 Å². The van der Waals surface area contributed by atoms with E-state index in [1.807, 2.05) is 0 Å². The summed E-state index contributed by atoms with van der Waals surface area (Å²) < 4.78 is 60.6. The maximum absolute atomic E-state index is 11.1. The summed E-state index contributed by atoms with van der Waals surface area (Å²) in [6.45, 7) is 0. The summed E-state index contributed by atoms with van der Waals surface area (Å²) in [6, 6.07) is 0. The monoisotopic (exact) mass is 500 g/mol. The minimum absolute atomic E-state index is 2.60. The van der Waals surface area contributed by atoms with Crippen LogP contribution in [0, 0.1) is 0 Å². The van der Waals surface area contributed by atoms with E-state index in [4.69, 9.17) is 39.1 Å². The van der Waals surface area contributed by atoms with E-state index in [2.05, 4.69) is 18.1 Å². The van der Waals surface area contributed by atoms with Crippen LogP contribution in [0.3, 0.4) is 0 Å². The number of hydrogen-bond donors (Lipinski definition) is 10. The van der Waals surface area contributed by atoms with Gasteiger partial charge in [-0.05, 0) is 0 Å². The largest absolute Gasteiger partial charge is 0.470 e. The van der Waals surface area contributed by atoms with Crippen molar-refractivity contribution in [2.24, 2.45) is 0 Å². The first-order valence-electron chi connectivity index (χ1n) is 6.52. The second-order valence-corrected chi connectivity index (χ2v) is 9.99. The standard InChI is InChI=1S/C6H16O18P4/c7-1-2(8)4(22-26(12,13)14)6(24-28(18,19)20)5(23-27(15,16)17)3(1)21-25(9,10)11/h1-8H,(H2,9,10,11)(H2,12,13,14)(H2,15,16,17)(H2,18,19,20)/t1-,2?,3?,4?,5?,6+/m1/s1. The molecule has 4 unspecified atom stereocenters. The van der Waals surface area contributed by atoms with E-state index in [-0.39, 0.29) is 0 Å². The third kappa shape index (κ3) is 8.62. The van der Waals surface area contributed by atoms with Crippen LogP contribution >= 0.6 is 31.3 Å². The van der Waals surface area contributed by atoms with E-state index in [9.17, 15) is 28.5 Å². The van der Waals surface area contributed by atoms with Crippen LogP contribution in [0.1, 0.15) is 0 Å². The summed E-state index contributed by atoms with van der Waals surface area (Å²) in [7, 11) is -22.5. The summed E-state index contributed by atoms with van der Waals surface area (Å²) in [6.07, 6.45) is -15.9. The van der Waals surface area contributed by atoms with Crippen molar-refractivity contribution in [3.05, 3.63) is 0 Å². The fourth-order valence-corrected chi connectivity index (χ4v) is 4.51. The molecule has 6 atom stereocenters. The molecule has 0 aliphatic heterocycles. The molecule has 28 heavy (non-hydrogen) atoms. The molecule has 0 amide bonds. The zero-order valence-electron chi connectivity index (χ0n) is 13.0. The van der Waals surface area contributed by atoms with Crippen molar-refractivity contribution in [1.29, 1.82) is 0 Å². The molecule has 0 bridgehead atoms. The Kier molecular flexibility index (Phi) is 8.34. The molecule has 0 heterocycles. The van der Waals surface area contributed by atoms with Gasteiger partial charge in [0.25, 0.3) is 0 Å². The Morgan fingerprint density at radius 3 is 0.786 bits per heavy atom. The Bertz CT molecular complexity index is 664. The molecule has 22 heteroatoms. The quantitative estimate of drug-likeness (QED) is 0.145. The van der Waals surface area contributed by atoms with Gasteiger partial charge >= 0.3 is 31.3 Å². The van der Waals surface area contributed by atoms with Crippen LogP contribution in [0.25, 0.3) is 0 Å². The summed E-state index contributed by atoms with van der Waals surface area (Å²) in [5, 5.41) is 19.8. The molecule has 10 N–H and O–H groups in total. The zero-order chi connectivity index (χ0) is 22.3. The number of phosphoric ester groups is 4. The highest BCUT2D eigenvalue weighted by Crippen LogP contribution is 2.52. The van der Waals surface area contributed by atoms with Crippen molar-refractivity contribution >= 4 is 31.3 Å². The van der Waals surface area contributed by atoms with Gasteiger partial charge < -0.3 is 49.4 Å². The van der Waals surface area contributed by atoms with Gasteiger partial charge in [0, 0.05) is 0 Å². The van der Waals surface area contributed by atoms with Crippen molar-refractivity contribution in [3.63, 3.8) is 0 Å². The molecule has 0 aromatic rings. The predicted molar refractivity (Wildman–Crippen MR) is 79.7 cm³/mol. The lowest BCUT2D eigenvalue weighted by Gasteiger charge is -2.45. The summed E-state index contributed by atoms with van der Waals surface area (Å²) >= 11 is 0. The highest BCUT2D eigenvalue weighted by Gasteiger charge is 2.58. The molecule has 1 aliphatic carbocycles. The van der Waals surface area contributed by atoms with Crippen molar-refractivity contribution in [2.45, 2.75) is 36.6 Å².